The summed E-state index contributed by atoms with van der Waals surface area (Å²) in [6.07, 6.45) is -4.53. The number of halogens is 4. The zero-order chi connectivity index (χ0) is 13.1. The molecule has 0 atom stereocenters. The zero-order valence-electron chi connectivity index (χ0n) is 8.61. The molecule has 0 aromatic heterocycles. The molecule has 0 saturated heterocycles. The SMILES string of the molecule is C=C(Cl)CNc1ccc(C(F)(F)F)c(C#N)c1. The standard InChI is InChI=1S/C11H8ClF3N2/c1-7(12)6-17-9-2-3-10(11(13,14)15)8(4-9)5-16/h2-4,17H,1,6H2. The molecule has 0 radical (unpaired) electrons. The molecule has 0 spiro atoms. The van der Waals surface area contributed by atoms with Gasteiger partial charge in [0.05, 0.1) is 23.7 Å². The molecule has 0 unspecified atom stereocenters. The highest BCUT2D eigenvalue weighted by Gasteiger charge is 2.33. The average Bonchev–Trinajstić information content (AvgIpc) is 2.24. The molecular formula is C11H8ClF3N2. The summed E-state index contributed by atoms with van der Waals surface area (Å²) >= 11 is 5.50. The van der Waals surface area contributed by atoms with Gasteiger partial charge < -0.3 is 5.32 Å². The molecule has 0 aliphatic rings. The van der Waals surface area contributed by atoms with E-state index in [1.807, 2.05) is 0 Å². The number of nitrogens with one attached hydrogen (secondary N) is 1. The lowest BCUT2D eigenvalue weighted by Crippen LogP contribution is -2.09. The quantitative estimate of drug-likeness (QED) is 0.899. The highest BCUT2D eigenvalue weighted by atomic mass is 35.5. The molecule has 17 heavy (non-hydrogen) atoms. The fourth-order valence-corrected chi connectivity index (χ4v) is 1.26. The fraction of sp³-hybridized carbons (Fsp3) is 0.182. The van der Waals surface area contributed by atoms with Gasteiger partial charge in [0.15, 0.2) is 0 Å². The molecule has 2 nitrogen and oxygen atoms in total. The van der Waals surface area contributed by atoms with Gasteiger partial charge in [0.1, 0.15) is 0 Å². The number of anilines is 1. The monoisotopic (exact) mass is 260 g/mol. The zero-order valence-corrected chi connectivity index (χ0v) is 9.36. The molecule has 0 aliphatic carbocycles. The number of hydrogen-bond donors (Lipinski definition) is 1. The molecule has 1 N–H and O–H groups in total. The van der Waals surface area contributed by atoms with Crippen molar-refractivity contribution in [3.05, 3.63) is 40.9 Å². The minimum absolute atomic E-state index is 0.220. The van der Waals surface area contributed by atoms with E-state index in [2.05, 4.69) is 11.9 Å². The molecule has 0 heterocycles. The molecule has 0 aliphatic heterocycles. The fourth-order valence-electron chi connectivity index (χ4n) is 1.19. The van der Waals surface area contributed by atoms with Crippen molar-refractivity contribution in [3.63, 3.8) is 0 Å². The molecule has 90 valence electrons. The van der Waals surface area contributed by atoms with Crippen LogP contribution in [0.2, 0.25) is 0 Å². The molecule has 0 amide bonds. The van der Waals surface area contributed by atoms with Gasteiger partial charge in [-0.2, -0.15) is 18.4 Å². The van der Waals surface area contributed by atoms with Crippen molar-refractivity contribution in [1.29, 1.82) is 5.26 Å². The van der Waals surface area contributed by atoms with E-state index in [0.29, 0.717) is 10.7 Å². The highest BCUT2D eigenvalue weighted by Crippen LogP contribution is 2.32. The van der Waals surface area contributed by atoms with E-state index in [1.165, 1.54) is 12.1 Å². The van der Waals surface area contributed by atoms with E-state index in [9.17, 15) is 13.2 Å². The third-order valence-corrected chi connectivity index (χ3v) is 2.06. The van der Waals surface area contributed by atoms with Crippen molar-refractivity contribution in [3.8, 4) is 6.07 Å². The van der Waals surface area contributed by atoms with Crippen LogP contribution in [0.5, 0.6) is 0 Å². The maximum absolute atomic E-state index is 12.5. The Morgan fingerprint density at radius 2 is 2.12 bits per heavy atom. The van der Waals surface area contributed by atoms with Crippen LogP contribution >= 0.6 is 11.6 Å². The summed E-state index contributed by atoms with van der Waals surface area (Å²) in [5.41, 5.74) is -0.991. The summed E-state index contributed by atoms with van der Waals surface area (Å²) in [5.74, 6) is 0. The van der Waals surface area contributed by atoms with Gasteiger partial charge in [0.25, 0.3) is 0 Å². The lowest BCUT2D eigenvalue weighted by molar-refractivity contribution is -0.137. The van der Waals surface area contributed by atoms with Crippen LogP contribution in [-0.2, 0) is 6.18 Å². The van der Waals surface area contributed by atoms with Gasteiger partial charge in [-0.1, -0.05) is 18.2 Å². The van der Waals surface area contributed by atoms with E-state index >= 15 is 0 Å². The lowest BCUT2D eigenvalue weighted by Gasteiger charge is -2.11. The Labute approximate surface area is 101 Å². The Morgan fingerprint density at radius 3 is 2.59 bits per heavy atom. The van der Waals surface area contributed by atoms with Crippen LogP contribution in [0.4, 0.5) is 18.9 Å². The molecule has 0 saturated carbocycles. The first-order valence-corrected chi connectivity index (χ1v) is 4.91. The first-order valence-electron chi connectivity index (χ1n) is 4.53. The second kappa shape index (κ2) is 5.11. The van der Waals surface area contributed by atoms with Crippen molar-refractivity contribution in [2.24, 2.45) is 0 Å². The number of nitrogens with zero attached hydrogens (tertiary/aromatic N) is 1. The Morgan fingerprint density at radius 1 is 1.47 bits per heavy atom. The molecule has 0 fully saturated rings. The Hall–Kier alpha value is -1.67. The topological polar surface area (TPSA) is 35.8 Å². The lowest BCUT2D eigenvalue weighted by atomic mass is 10.1. The van der Waals surface area contributed by atoms with Crippen LogP contribution in [0.25, 0.3) is 0 Å². The second-order valence-corrected chi connectivity index (χ2v) is 3.78. The van der Waals surface area contributed by atoms with E-state index in [0.717, 1.165) is 12.1 Å². The van der Waals surface area contributed by atoms with E-state index in [1.54, 1.807) is 0 Å². The number of rotatable bonds is 3. The van der Waals surface area contributed by atoms with Crippen LogP contribution < -0.4 is 5.32 Å². The van der Waals surface area contributed by atoms with Gasteiger partial charge in [0, 0.05) is 10.7 Å². The normalized spacial score (nSPS) is 10.8. The average molecular weight is 261 g/mol. The number of alkyl halides is 3. The summed E-state index contributed by atoms with van der Waals surface area (Å²) in [6.45, 7) is 3.65. The van der Waals surface area contributed by atoms with E-state index in [4.69, 9.17) is 16.9 Å². The van der Waals surface area contributed by atoms with Crippen LogP contribution in [0.1, 0.15) is 11.1 Å². The molecule has 6 heteroatoms. The van der Waals surface area contributed by atoms with Crippen molar-refractivity contribution >= 4 is 17.3 Å². The molecule has 0 bridgehead atoms. The predicted octanol–water partition coefficient (Wildman–Crippen LogP) is 3.74. The van der Waals surface area contributed by atoms with Gasteiger partial charge in [-0.05, 0) is 18.2 Å². The highest BCUT2D eigenvalue weighted by molar-refractivity contribution is 6.29. The van der Waals surface area contributed by atoms with Crippen LogP contribution in [-0.4, -0.2) is 6.54 Å². The number of hydrogen-bond acceptors (Lipinski definition) is 2. The van der Waals surface area contributed by atoms with Gasteiger partial charge in [-0.15, -0.1) is 0 Å². The molecular weight excluding hydrogens is 253 g/mol. The largest absolute Gasteiger partial charge is 0.417 e. The summed E-state index contributed by atoms with van der Waals surface area (Å²) < 4.78 is 37.4. The van der Waals surface area contributed by atoms with Crippen LogP contribution in [0.15, 0.2) is 29.8 Å². The van der Waals surface area contributed by atoms with Gasteiger partial charge >= 0.3 is 6.18 Å². The second-order valence-electron chi connectivity index (χ2n) is 3.24. The minimum Gasteiger partial charge on any atom is -0.380 e. The third-order valence-electron chi connectivity index (χ3n) is 1.93. The maximum atomic E-state index is 12.5. The summed E-state index contributed by atoms with van der Waals surface area (Å²) in [7, 11) is 0. The van der Waals surface area contributed by atoms with Gasteiger partial charge in [-0.3, -0.25) is 0 Å². The Kier molecular flexibility index (Phi) is 4.02. The number of nitriles is 1. The third kappa shape index (κ3) is 3.68. The van der Waals surface area contributed by atoms with Crippen LogP contribution in [0, 0.1) is 11.3 Å². The van der Waals surface area contributed by atoms with Gasteiger partial charge in [-0.25, -0.2) is 0 Å². The first kappa shape index (κ1) is 13.4. The van der Waals surface area contributed by atoms with Crippen molar-refractivity contribution < 1.29 is 13.2 Å². The van der Waals surface area contributed by atoms with E-state index in [-0.39, 0.29) is 6.54 Å². The Balaban J connectivity index is 3.02. The number of benzene rings is 1. The van der Waals surface area contributed by atoms with Crippen molar-refractivity contribution in [2.75, 3.05) is 11.9 Å². The van der Waals surface area contributed by atoms with Crippen molar-refractivity contribution in [2.45, 2.75) is 6.18 Å². The predicted molar refractivity (Wildman–Crippen MR) is 59.6 cm³/mol. The van der Waals surface area contributed by atoms with Crippen molar-refractivity contribution in [1.82, 2.24) is 0 Å². The van der Waals surface area contributed by atoms with Gasteiger partial charge in [0.2, 0.25) is 0 Å². The summed E-state index contributed by atoms with van der Waals surface area (Å²) in [5, 5.41) is 11.7. The first-order chi connectivity index (χ1) is 7.84. The maximum Gasteiger partial charge on any atom is 0.417 e. The summed E-state index contributed by atoms with van der Waals surface area (Å²) in [4.78, 5) is 0. The Bertz CT molecular complexity index is 475. The molecule has 1 aromatic carbocycles. The summed E-state index contributed by atoms with van der Waals surface area (Å²) in [6, 6.07) is 4.74. The van der Waals surface area contributed by atoms with Crippen LogP contribution in [0.3, 0.4) is 0 Å². The molecule has 1 rings (SSSR count). The smallest absolute Gasteiger partial charge is 0.380 e. The molecule has 1 aromatic rings. The minimum atomic E-state index is -4.53. The van der Waals surface area contributed by atoms with E-state index < -0.39 is 17.3 Å².